The Kier molecular flexibility index (Phi) is 6.35. The van der Waals surface area contributed by atoms with Crippen molar-refractivity contribution in [2.24, 2.45) is 5.92 Å². The maximum Gasteiger partial charge on any atom is 0.407 e. The summed E-state index contributed by atoms with van der Waals surface area (Å²) < 4.78 is 20.6. The summed E-state index contributed by atoms with van der Waals surface area (Å²) in [4.78, 5) is 25.1. The van der Waals surface area contributed by atoms with Gasteiger partial charge in [0.05, 0.1) is 18.1 Å². The summed E-state index contributed by atoms with van der Waals surface area (Å²) in [6.07, 6.45) is 7.95. The van der Waals surface area contributed by atoms with Gasteiger partial charge in [-0.15, -0.1) is 0 Å². The molecule has 0 aliphatic heterocycles. The first kappa shape index (κ1) is 22.8. The van der Waals surface area contributed by atoms with Crippen molar-refractivity contribution in [3.8, 4) is 11.5 Å². The number of aromatic nitrogens is 4. The maximum atomic E-state index is 13.7. The van der Waals surface area contributed by atoms with Gasteiger partial charge in [-0.05, 0) is 64.5 Å². The standard InChI is InChI=1S/C23H30FN7O2/c1-23(2,3)33-22(32)28-10-14-4-7-16(8-5-14)29-20-17(25)11-27-21(30-20)18-12-26-19-9-6-15(24)13-31(18)19/h6,9,11-14,16H,4-5,7-8,10,25H2,1-3H3,(H,28,32)(H,27,29,30). The molecule has 1 saturated carbocycles. The van der Waals surface area contributed by atoms with Gasteiger partial charge in [-0.2, -0.15) is 0 Å². The summed E-state index contributed by atoms with van der Waals surface area (Å²) in [7, 11) is 0. The van der Waals surface area contributed by atoms with Crippen LogP contribution in [0, 0.1) is 11.7 Å². The molecule has 176 valence electrons. The molecule has 3 aromatic rings. The summed E-state index contributed by atoms with van der Waals surface area (Å²) in [5, 5.41) is 6.30. The summed E-state index contributed by atoms with van der Waals surface area (Å²) >= 11 is 0. The smallest absolute Gasteiger partial charge is 0.407 e. The van der Waals surface area contributed by atoms with E-state index in [4.69, 9.17) is 10.5 Å². The lowest BCUT2D eigenvalue weighted by atomic mass is 9.86. The summed E-state index contributed by atoms with van der Waals surface area (Å²) in [6, 6.07) is 3.18. The Labute approximate surface area is 192 Å². The molecule has 4 rings (SSSR count). The van der Waals surface area contributed by atoms with Crippen molar-refractivity contribution < 1.29 is 13.9 Å². The molecule has 0 aromatic carbocycles. The van der Waals surface area contributed by atoms with Gasteiger partial charge in [0, 0.05) is 18.8 Å². The van der Waals surface area contributed by atoms with E-state index in [2.05, 4.69) is 25.6 Å². The minimum Gasteiger partial charge on any atom is -0.444 e. The van der Waals surface area contributed by atoms with Gasteiger partial charge in [-0.25, -0.2) is 24.1 Å². The largest absolute Gasteiger partial charge is 0.444 e. The van der Waals surface area contributed by atoms with Crippen LogP contribution in [0.15, 0.2) is 30.7 Å². The number of fused-ring (bicyclic) bond motifs is 1. The minimum atomic E-state index is -0.501. The van der Waals surface area contributed by atoms with E-state index in [1.807, 2.05) is 20.8 Å². The van der Waals surface area contributed by atoms with Crippen molar-refractivity contribution in [1.29, 1.82) is 0 Å². The second-order valence-corrected chi connectivity index (χ2v) is 9.46. The van der Waals surface area contributed by atoms with E-state index in [-0.39, 0.29) is 18.0 Å². The van der Waals surface area contributed by atoms with E-state index in [1.165, 1.54) is 12.3 Å². The van der Waals surface area contributed by atoms with Crippen LogP contribution < -0.4 is 16.4 Å². The van der Waals surface area contributed by atoms with Crippen LogP contribution in [0.4, 0.5) is 20.7 Å². The Hall–Kier alpha value is -3.43. The van der Waals surface area contributed by atoms with Crippen LogP contribution in [0.3, 0.4) is 0 Å². The molecule has 1 amide bonds. The first-order valence-electron chi connectivity index (χ1n) is 11.2. The Bertz CT molecular complexity index is 1130. The molecular weight excluding hydrogens is 425 g/mol. The van der Waals surface area contributed by atoms with Crippen molar-refractivity contribution in [3.05, 3.63) is 36.5 Å². The molecule has 1 fully saturated rings. The number of nitrogens with two attached hydrogens (primary N) is 1. The second-order valence-electron chi connectivity index (χ2n) is 9.46. The Morgan fingerprint density at radius 1 is 1.21 bits per heavy atom. The van der Waals surface area contributed by atoms with Gasteiger partial charge >= 0.3 is 6.09 Å². The van der Waals surface area contributed by atoms with Crippen LogP contribution in [0.5, 0.6) is 0 Å². The highest BCUT2D eigenvalue weighted by Crippen LogP contribution is 2.28. The van der Waals surface area contributed by atoms with Crippen LogP contribution in [0.1, 0.15) is 46.5 Å². The van der Waals surface area contributed by atoms with Crippen LogP contribution in [-0.4, -0.2) is 43.6 Å². The average molecular weight is 456 g/mol. The number of rotatable bonds is 5. The third-order valence-corrected chi connectivity index (χ3v) is 5.64. The van der Waals surface area contributed by atoms with E-state index in [0.29, 0.717) is 41.1 Å². The van der Waals surface area contributed by atoms with E-state index in [1.54, 1.807) is 22.9 Å². The number of hydrogen-bond donors (Lipinski definition) is 3. The molecule has 0 bridgehead atoms. The van der Waals surface area contributed by atoms with Crippen molar-refractivity contribution in [1.82, 2.24) is 24.7 Å². The fraction of sp³-hybridized carbons (Fsp3) is 0.478. The van der Waals surface area contributed by atoms with Gasteiger partial charge < -0.3 is 21.1 Å². The SMILES string of the molecule is CC(C)(C)OC(=O)NCC1CCC(Nc2nc(-c3cnc4ccc(F)cn34)ncc2N)CC1. The zero-order valence-corrected chi connectivity index (χ0v) is 19.1. The molecule has 0 saturated heterocycles. The lowest BCUT2D eigenvalue weighted by molar-refractivity contribution is 0.0515. The molecule has 1 aliphatic carbocycles. The first-order chi connectivity index (χ1) is 15.7. The third-order valence-electron chi connectivity index (χ3n) is 5.64. The number of halogens is 1. The number of pyridine rings is 1. The van der Waals surface area contributed by atoms with Gasteiger partial charge in [-0.3, -0.25) is 4.40 Å². The fourth-order valence-corrected chi connectivity index (χ4v) is 4.00. The van der Waals surface area contributed by atoms with Gasteiger partial charge in [0.2, 0.25) is 0 Å². The highest BCUT2D eigenvalue weighted by Gasteiger charge is 2.24. The van der Waals surface area contributed by atoms with Crippen molar-refractivity contribution in [3.63, 3.8) is 0 Å². The Balaban J connectivity index is 1.36. The van der Waals surface area contributed by atoms with Gasteiger partial charge in [0.1, 0.15) is 22.8 Å². The topological polar surface area (TPSA) is 119 Å². The van der Waals surface area contributed by atoms with E-state index in [0.717, 1.165) is 25.7 Å². The molecule has 1 aliphatic rings. The van der Waals surface area contributed by atoms with Gasteiger partial charge in [0.25, 0.3) is 0 Å². The average Bonchev–Trinajstić information content (AvgIpc) is 3.16. The lowest BCUT2D eigenvalue weighted by Gasteiger charge is -2.30. The molecule has 33 heavy (non-hydrogen) atoms. The molecule has 0 unspecified atom stereocenters. The molecule has 3 aromatic heterocycles. The molecule has 3 heterocycles. The van der Waals surface area contributed by atoms with E-state index < -0.39 is 5.60 Å². The number of hydrogen-bond acceptors (Lipinski definition) is 7. The van der Waals surface area contributed by atoms with Crippen LogP contribution in [-0.2, 0) is 4.74 Å². The van der Waals surface area contributed by atoms with Crippen LogP contribution in [0.2, 0.25) is 0 Å². The summed E-state index contributed by atoms with van der Waals surface area (Å²) in [6.45, 7) is 6.15. The summed E-state index contributed by atoms with van der Waals surface area (Å²) in [5.74, 6) is 1.01. The fourth-order valence-electron chi connectivity index (χ4n) is 4.00. The summed E-state index contributed by atoms with van der Waals surface area (Å²) in [5.41, 5.74) is 7.27. The van der Waals surface area contributed by atoms with Crippen molar-refractivity contribution in [2.45, 2.75) is 58.1 Å². The zero-order valence-electron chi connectivity index (χ0n) is 19.1. The quantitative estimate of drug-likeness (QED) is 0.532. The zero-order chi connectivity index (χ0) is 23.6. The number of nitrogen functional groups attached to an aromatic ring is 1. The number of ether oxygens (including phenoxy) is 1. The first-order valence-corrected chi connectivity index (χ1v) is 11.2. The molecule has 0 spiro atoms. The molecule has 4 N–H and O–H groups in total. The Morgan fingerprint density at radius 3 is 2.70 bits per heavy atom. The lowest BCUT2D eigenvalue weighted by Crippen LogP contribution is -2.37. The number of carbonyl (C=O) groups is 1. The highest BCUT2D eigenvalue weighted by molar-refractivity contribution is 5.67. The molecule has 10 heteroatoms. The maximum absolute atomic E-state index is 13.7. The Morgan fingerprint density at radius 2 is 1.97 bits per heavy atom. The number of imidazole rings is 1. The van der Waals surface area contributed by atoms with Crippen LogP contribution >= 0.6 is 0 Å². The van der Waals surface area contributed by atoms with Gasteiger partial charge in [-0.1, -0.05) is 0 Å². The highest BCUT2D eigenvalue weighted by atomic mass is 19.1. The molecular formula is C23H30FN7O2. The number of carbonyl (C=O) groups excluding carboxylic acids is 1. The third kappa shape index (κ3) is 5.68. The minimum absolute atomic E-state index is 0.215. The van der Waals surface area contributed by atoms with E-state index >= 15 is 0 Å². The molecule has 0 atom stereocenters. The molecule has 9 nitrogen and oxygen atoms in total. The number of anilines is 2. The predicted octanol–water partition coefficient (Wildman–Crippen LogP) is 4.01. The monoisotopic (exact) mass is 455 g/mol. The number of nitrogens with one attached hydrogen (secondary N) is 2. The number of alkyl carbamates (subject to hydrolysis) is 1. The van der Waals surface area contributed by atoms with E-state index in [9.17, 15) is 9.18 Å². The number of amides is 1. The predicted molar refractivity (Wildman–Crippen MR) is 124 cm³/mol. The van der Waals surface area contributed by atoms with Crippen LogP contribution in [0.25, 0.3) is 17.2 Å². The van der Waals surface area contributed by atoms with Crippen molar-refractivity contribution >= 4 is 23.2 Å². The second kappa shape index (κ2) is 9.21. The normalized spacial score (nSPS) is 18.8. The van der Waals surface area contributed by atoms with Crippen molar-refractivity contribution in [2.75, 3.05) is 17.6 Å². The van der Waals surface area contributed by atoms with Gasteiger partial charge in [0.15, 0.2) is 11.6 Å². The molecule has 0 radical (unpaired) electrons. The number of nitrogens with zero attached hydrogens (tertiary/aromatic N) is 4.